The Morgan fingerprint density at radius 1 is 1.11 bits per heavy atom. The molecule has 1 heterocycles. The number of hydrogen-bond donors (Lipinski definition) is 3. The normalized spacial score (nSPS) is 17.1. The number of anilines is 1. The second-order valence-corrected chi connectivity index (χ2v) is 7.77. The molecule has 144 valence electrons. The number of hydrogen-bond acceptors (Lipinski definition) is 2. The minimum atomic E-state index is 0.167. The molecule has 4 nitrogen and oxygen atoms in total. The highest BCUT2D eigenvalue weighted by molar-refractivity contribution is 7.80. The molecular formula is C21H27ClN3OS+. The lowest BCUT2D eigenvalue weighted by Crippen LogP contribution is -3.15. The first-order chi connectivity index (χ1) is 13.1. The summed E-state index contributed by atoms with van der Waals surface area (Å²) < 4.78 is 5.56. The molecule has 0 amide bonds. The number of benzene rings is 2. The van der Waals surface area contributed by atoms with E-state index >= 15 is 0 Å². The lowest BCUT2D eigenvalue weighted by molar-refractivity contribution is -0.940. The molecule has 27 heavy (non-hydrogen) atoms. The van der Waals surface area contributed by atoms with E-state index in [4.69, 9.17) is 28.6 Å². The van der Waals surface area contributed by atoms with E-state index in [9.17, 15) is 0 Å². The monoisotopic (exact) mass is 404 g/mol. The van der Waals surface area contributed by atoms with Crippen molar-refractivity contribution in [2.24, 2.45) is 0 Å². The van der Waals surface area contributed by atoms with E-state index < -0.39 is 0 Å². The molecule has 3 rings (SSSR count). The highest BCUT2D eigenvalue weighted by atomic mass is 35.5. The zero-order valence-electron chi connectivity index (χ0n) is 15.8. The summed E-state index contributed by atoms with van der Waals surface area (Å²) in [6, 6.07) is 16.9. The summed E-state index contributed by atoms with van der Waals surface area (Å²) in [6.45, 7) is 7.78. The third-order valence-electron chi connectivity index (χ3n) is 5.11. The second-order valence-electron chi connectivity index (χ2n) is 6.96. The zero-order chi connectivity index (χ0) is 19.2. The SMILES string of the molecule is Cc1c(Cl)cccc1NC(=S)N[C@H](C)[C@@H](c1ccccc1)[NH+]1CCOCC1. The van der Waals surface area contributed by atoms with Crippen molar-refractivity contribution < 1.29 is 9.64 Å². The van der Waals surface area contributed by atoms with Crippen molar-refractivity contribution in [3.8, 4) is 0 Å². The maximum Gasteiger partial charge on any atom is 0.171 e. The Labute approximate surface area is 171 Å². The largest absolute Gasteiger partial charge is 0.370 e. The van der Waals surface area contributed by atoms with Crippen LogP contribution < -0.4 is 15.5 Å². The lowest BCUT2D eigenvalue weighted by Gasteiger charge is -2.36. The van der Waals surface area contributed by atoms with E-state index in [1.807, 2.05) is 25.1 Å². The van der Waals surface area contributed by atoms with Gasteiger partial charge in [-0.1, -0.05) is 48.0 Å². The quantitative estimate of drug-likeness (QED) is 0.670. The third-order valence-corrected chi connectivity index (χ3v) is 5.74. The van der Waals surface area contributed by atoms with E-state index in [-0.39, 0.29) is 6.04 Å². The van der Waals surface area contributed by atoms with E-state index in [2.05, 4.69) is 47.9 Å². The van der Waals surface area contributed by atoms with Crippen molar-refractivity contribution in [3.63, 3.8) is 0 Å². The average molecular weight is 405 g/mol. The Morgan fingerprint density at radius 2 is 1.81 bits per heavy atom. The smallest absolute Gasteiger partial charge is 0.171 e. The fraction of sp³-hybridized carbons (Fsp3) is 0.381. The maximum absolute atomic E-state index is 6.22. The van der Waals surface area contributed by atoms with Gasteiger partial charge in [-0.15, -0.1) is 0 Å². The topological polar surface area (TPSA) is 37.7 Å². The van der Waals surface area contributed by atoms with Crippen LogP contribution in [0.25, 0.3) is 0 Å². The van der Waals surface area contributed by atoms with E-state index in [1.54, 1.807) is 0 Å². The first kappa shape index (κ1) is 20.1. The van der Waals surface area contributed by atoms with Gasteiger partial charge in [0.1, 0.15) is 19.1 Å². The van der Waals surface area contributed by atoms with Gasteiger partial charge < -0.3 is 20.3 Å². The molecule has 0 aliphatic carbocycles. The Hall–Kier alpha value is -1.66. The molecule has 1 fully saturated rings. The van der Waals surface area contributed by atoms with Gasteiger partial charge in [0.15, 0.2) is 5.11 Å². The van der Waals surface area contributed by atoms with Crippen LogP contribution in [0.3, 0.4) is 0 Å². The summed E-state index contributed by atoms with van der Waals surface area (Å²) in [7, 11) is 0. The molecule has 1 aliphatic heterocycles. The first-order valence-electron chi connectivity index (χ1n) is 9.36. The average Bonchev–Trinajstić information content (AvgIpc) is 2.67. The van der Waals surface area contributed by atoms with E-state index in [0.29, 0.717) is 11.2 Å². The van der Waals surface area contributed by atoms with Crippen LogP contribution in [0.4, 0.5) is 5.69 Å². The maximum atomic E-state index is 6.22. The van der Waals surface area contributed by atoms with Crippen molar-refractivity contribution in [1.82, 2.24) is 5.32 Å². The van der Waals surface area contributed by atoms with Crippen molar-refractivity contribution in [3.05, 3.63) is 64.7 Å². The molecule has 6 heteroatoms. The Kier molecular flexibility index (Phi) is 7.07. The number of halogens is 1. The molecular weight excluding hydrogens is 378 g/mol. The number of nitrogens with one attached hydrogen (secondary N) is 3. The Morgan fingerprint density at radius 3 is 2.52 bits per heavy atom. The minimum Gasteiger partial charge on any atom is -0.370 e. The zero-order valence-corrected chi connectivity index (χ0v) is 17.4. The second kappa shape index (κ2) is 9.51. The third kappa shape index (κ3) is 5.20. The van der Waals surface area contributed by atoms with Gasteiger partial charge in [0.05, 0.1) is 19.3 Å². The van der Waals surface area contributed by atoms with Crippen LogP contribution in [-0.4, -0.2) is 37.5 Å². The van der Waals surface area contributed by atoms with Crippen molar-refractivity contribution >= 4 is 34.6 Å². The van der Waals surface area contributed by atoms with Crippen LogP contribution in [0, 0.1) is 6.92 Å². The molecule has 0 unspecified atom stereocenters. The van der Waals surface area contributed by atoms with Crippen LogP contribution in [0.5, 0.6) is 0 Å². The highest BCUT2D eigenvalue weighted by Crippen LogP contribution is 2.23. The van der Waals surface area contributed by atoms with Gasteiger partial charge >= 0.3 is 0 Å². The van der Waals surface area contributed by atoms with Gasteiger partial charge in [-0.25, -0.2) is 0 Å². The van der Waals surface area contributed by atoms with Crippen LogP contribution >= 0.6 is 23.8 Å². The number of quaternary nitrogens is 1. The summed E-state index contributed by atoms with van der Waals surface area (Å²) in [4.78, 5) is 1.52. The molecule has 3 N–H and O–H groups in total. The molecule has 0 saturated carbocycles. The summed E-state index contributed by atoms with van der Waals surface area (Å²) in [5.41, 5.74) is 3.24. The minimum absolute atomic E-state index is 0.167. The van der Waals surface area contributed by atoms with Gasteiger partial charge in [-0.05, 0) is 43.8 Å². The van der Waals surface area contributed by atoms with Gasteiger partial charge in [0.2, 0.25) is 0 Å². The molecule has 1 saturated heterocycles. The van der Waals surface area contributed by atoms with Gasteiger partial charge in [-0.2, -0.15) is 0 Å². The summed E-state index contributed by atoms with van der Waals surface area (Å²) in [6.07, 6.45) is 0. The summed E-state index contributed by atoms with van der Waals surface area (Å²) in [5.74, 6) is 0. The van der Waals surface area contributed by atoms with Gasteiger partial charge in [0.25, 0.3) is 0 Å². The standard InChI is InChI=1S/C21H26ClN3OS/c1-15-18(22)9-6-10-19(15)24-21(27)23-16(2)20(17-7-4-3-5-8-17)25-11-13-26-14-12-25/h3-10,16,20H,11-14H2,1-2H3,(H2,23,24,27)/p+1/t16-,20+/m1/s1. The predicted octanol–water partition coefficient (Wildman–Crippen LogP) is 2.98. The van der Waals surface area contributed by atoms with Crippen molar-refractivity contribution in [1.29, 1.82) is 0 Å². The van der Waals surface area contributed by atoms with Crippen LogP contribution in [0.15, 0.2) is 48.5 Å². The van der Waals surface area contributed by atoms with Crippen LogP contribution in [0.2, 0.25) is 5.02 Å². The molecule has 0 spiro atoms. The molecule has 0 bridgehead atoms. The number of thiocarbonyl (C=S) groups is 1. The first-order valence-corrected chi connectivity index (χ1v) is 10.1. The molecule has 2 aromatic carbocycles. The van der Waals surface area contributed by atoms with Gasteiger partial charge in [0, 0.05) is 16.3 Å². The molecule has 0 aromatic heterocycles. The van der Waals surface area contributed by atoms with Gasteiger partial charge in [-0.3, -0.25) is 0 Å². The molecule has 2 aromatic rings. The fourth-order valence-corrected chi connectivity index (χ4v) is 4.14. The van der Waals surface area contributed by atoms with Crippen molar-refractivity contribution in [2.45, 2.75) is 25.9 Å². The fourth-order valence-electron chi connectivity index (χ4n) is 3.67. The van der Waals surface area contributed by atoms with Crippen molar-refractivity contribution in [2.75, 3.05) is 31.6 Å². The lowest BCUT2D eigenvalue weighted by atomic mass is 9.98. The number of ether oxygens (including phenoxy) is 1. The Balaban J connectivity index is 1.72. The van der Waals surface area contributed by atoms with E-state index in [0.717, 1.165) is 42.6 Å². The summed E-state index contributed by atoms with van der Waals surface area (Å²) >= 11 is 11.8. The molecule has 0 radical (unpaired) electrons. The summed E-state index contributed by atoms with van der Waals surface area (Å²) in [5, 5.41) is 8.12. The van der Waals surface area contributed by atoms with Crippen LogP contribution in [0.1, 0.15) is 24.1 Å². The van der Waals surface area contributed by atoms with E-state index in [1.165, 1.54) is 10.5 Å². The number of rotatable bonds is 5. The number of morpholine rings is 1. The molecule has 1 aliphatic rings. The van der Waals surface area contributed by atoms with Crippen LogP contribution in [-0.2, 0) is 4.74 Å². The Bertz CT molecular complexity index is 765. The highest BCUT2D eigenvalue weighted by Gasteiger charge is 2.31. The predicted molar refractivity (Wildman–Crippen MR) is 116 cm³/mol. The molecule has 2 atom stereocenters.